The van der Waals surface area contributed by atoms with Crippen molar-refractivity contribution in [3.63, 3.8) is 0 Å². The minimum absolute atomic E-state index is 0. The Morgan fingerprint density at radius 2 is 2.18 bits per heavy atom. The maximum absolute atomic E-state index is 12.3. The highest BCUT2D eigenvalue weighted by molar-refractivity contribution is 5.85. The number of nitrogens with zero attached hydrogens (tertiary/aromatic N) is 1. The summed E-state index contributed by atoms with van der Waals surface area (Å²) in [6.07, 6.45) is 3.96. The van der Waals surface area contributed by atoms with E-state index in [1.54, 1.807) is 0 Å². The molecule has 1 amide bonds. The number of amides is 1. The van der Waals surface area contributed by atoms with Gasteiger partial charge < -0.3 is 15.4 Å². The molecule has 2 rings (SSSR count). The number of piperidine rings is 1. The molecule has 3 atom stereocenters. The van der Waals surface area contributed by atoms with E-state index in [0.29, 0.717) is 12.5 Å². The van der Waals surface area contributed by atoms with Crippen molar-refractivity contribution in [1.29, 1.82) is 0 Å². The normalized spacial score (nSPS) is 33.3. The highest BCUT2D eigenvalue weighted by Gasteiger charge is 2.35. The van der Waals surface area contributed by atoms with Crippen molar-refractivity contribution in [1.82, 2.24) is 4.90 Å². The number of hydrogen-bond donors (Lipinski definition) is 1. The van der Waals surface area contributed by atoms with Gasteiger partial charge >= 0.3 is 0 Å². The maximum atomic E-state index is 12.3. The summed E-state index contributed by atoms with van der Waals surface area (Å²) >= 11 is 0. The van der Waals surface area contributed by atoms with Crippen LogP contribution in [0, 0.1) is 5.92 Å². The zero-order chi connectivity index (χ0) is 11.5. The highest BCUT2D eigenvalue weighted by Crippen LogP contribution is 2.25. The van der Waals surface area contributed by atoms with E-state index >= 15 is 0 Å². The van der Waals surface area contributed by atoms with E-state index in [4.69, 9.17) is 10.5 Å². The molecule has 0 saturated carbocycles. The Morgan fingerprint density at radius 1 is 1.41 bits per heavy atom. The Hall–Kier alpha value is -0.320. The number of rotatable bonds is 2. The zero-order valence-corrected chi connectivity index (χ0v) is 11.2. The molecule has 0 aromatic heterocycles. The van der Waals surface area contributed by atoms with Crippen LogP contribution in [0.1, 0.15) is 32.6 Å². The van der Waals surface area contributed by atoms with E-state index in [-0.39, 0.29) is 30.5 Å². The molecule has 17 heavy (non-hydrogen) atoms. The van der Waals surface area contributed by atoms with Crippen molar-refractivity contribution in [2.24, 2.45) is 11.7 Å². The van der Waals surface area contributed by atoms with Crippen molar-refractivity contribution in [3.05, 3.63) is 0 Å². The molecule has 2 heterocycles. The lowest BCUT2D eigenvalue weighted by Crippen LogP contribution is -2.54. The molecule has 2 aliphatic heterocycles. The van der Waals surface area contributed by atoms with Gasteiger partial charge in [0, 0.05) is 25.7 Å². The summed E-state index contributed by atoms with van der Waals surface area (Å²) in [5.74, 6) is 0.684. The van der Waals surface area contributed by atoms with Crippen molar-refractivity contribution in [3.8, 4) is 0 Å². The monoisotopic (exact) mass is 262 g/mol. The molecule has 0 bridgehead atoms. The summed E-state index contributed by atoms with van der Waals surface area (Å²) in [7, 11) is 0. The smallest absolute Gasteiger partial charge is 0.252 e. The molecule has 0 aromatic rings. The van der Waals surface area contributed by atoms with Gasteiger partial charge in [-0.1, -0.05) is 6.92 Å². The van der Waals surface area contributed by atoms with Crippen LogP contribution >= 0.6 is 12.4 Å². The fraction of sp³-hybridized carbons (Fsp3) is 0.917. The van der Waals surface area contributed by atoms with Gasteiger partial charge in [0.05, 0.1) is 0 Å². The predicted octanol–water partition coefficient (Wildman–Crippen LogP) is 1.17. The Morgan fingerprint density at radius 3 is 2.76 bits per heavy atom. The van der Waals surface area contributed by atoms with E-state index < -0.39 is 0 Å². The molecule has 5 heteroatoms. The Labute approximate surface area is 109 Å². The van der Waals surface area contributed by atoms with Gasteiger partial charge in [0.2, 0.25) is 0 Å². The van der Waals surface area contributed by atoms with Crippen molar-refractivity contribution >= 4 is 18.3 Å². The fourth-order valence-corrected chi connectivity index (χ4v) is 2.84. The number of halogens is 1. The SMILES string of the molecule is CC1CCCN(C(=O)[C@@H]2CCCO2)C1CN.Cl. The predicted molar refractivity (Wildman–Crippen MR) is 69.2 cm³/mol. The lowest BCUT2D eigenvalue weighted by molar-refractivity contribution is -0.145. The first-order valence-electron chi connectivity index (χ1n) is 6.36. The van der Waals surface area contributed by atoms with Gasteiger partial charge in [0.15, 0.2) is 0 Å². The molecular formula is C12H23ClN2O2. The topological polar surface area (TPSA) is 55.6 Å². The maximum Gasteiger partial charge on any atom is 0.252 e. The van der Waals surface area contributed by atoms with Crippen molar-refractivity contribution < 1.29 is 9.53 Å². The lowest BCUT2D eigenvalue weighted by Gasteiger charge is -2.40. The van der Waals surface area contributed by atoms with Crippen LogP contribution in [0.15, 0.2) is 0 Å². The van der Waals surface area contributed by atoms with Gasteiger partial charge in [-0.15, -0.1) is 12.4 Å². The van der Waals surface area contributed by atoms with Crippen LogP contribution in [-0.4, -0.2) is 42.6 Å². The molecule has 2 N–H and O–H groups in total. The van der Waals surface area contributed by atoms with Crippen LogP contribution in [0.3, 0.4) is 0 Å². The van der Waals surface area contributed by atoms with E-state index in [2.05, 4.69) is 6.92 Å². The summed E-state index contributed by atoms with van der Waals surface area (Å²) in [6.45, 7) is 4.34. The van der Waals surface area contributed by atoms with E-state index in [0.717, 1.165) is 32.4 Å². The molecule has 0 radical (unpaired) electrons. The molecule has 2 unspecified atom stereocenters. The number of likely N-dealkylation sites (tertiary alicyclic amines) is 1. The zero-order valence-electron chi connectivity index (χ0n) is 10.4. The Kier molecular flexibility index (Phi) is 5.70. The largest absolute Gasteiger partial charge is 0.368 e. The van der Waals surface area contributed by atoms with Crippen LogP contribution in [0.4, 0.5) is 0 Å². The van der Waals surface area contributed by atoms with Gasteiger partial charge in [-0.05, 0) is 31.6 Å². The first kappa shape index (κ1) is 14.7. The van der Waals surface area contributed by atoms with Crippen LogP contribution < -0.4 is 5.73 Å². The average Bonchev–Trinajstić information content (AvgIpc) is 2.81. The lowest BCUT2D eigenvalue weighted by atomic mass is 9.90. The average molecular weight is 263 g/mol. The molecule has 0 aromatic carbocycles. The second kappa shape index (κ2) is 6.57. The summed E-state index contributed by atoms with van der Waals surface area (Å²) in [4.78, 5) is 14.2. The number of ether oxygens (including phenoxy) is 1. The molecule has 0 spiro atoms. The van der Waals surface area contributed by atoms with Crippen molar-refractivity contribution in [2.45, 2.75) is 44.8 Å². The van der Waals surface area contributed by atoms with Crippen LogP contribution in [-0.2, 0) is 9.53 Å². The number of carbonyl (C=O) groups is 1. The highest BCUT2D eigenvalue weighted by atomic mass is 35.5. The minimum atomic E-state index is -0.195. The summed E-state index contributed by atoms with van der Waals surface area (Å²) in [5.41, 5.74) is 5.79. The Balaban J connectivity index is 0.00000144. The summed E-state index contributed by atoms with van der Waals surface area (Å²) < 4.78 is 5.46. The fourth-order valence-electron chi connectivity index (χ4n) is 2.84. The number of hydrogen-bond acceptors (Lipinski definition) is 3. The van der Waals surface area contributed by atoms with Gasteiger partial charge in [-0.3, -0.25) is 4.79 Å². The third-order valence-corrected chi connectivity index (χ3v) is 3.85. The van der Waals surface area contributed by atoms with Crippen LogP contribution in [0.2, 0.25) is 0 Å². The molecular weight excluding hydrogens is 240 g/mol. The molecule has 2 aliphatic rings. The Bertz CT molecular complexity index is 257. The molecule has 0 aliphatic carbocycles. The van der Waals surface area contributed by atoms with E-state index in [1.807, 2.05) is 4.90 Å². The van der Waals surface area contributed by atoms with Gasteiger partial charge in [-0.2, -0.15) is 0 Å². The quantitative estimate of drug-likeness (QED) is 0.813. The molecule has 2 saturated heterocycles. The molecule has 4 nitrogen and oxygen atoms in total. The second-order valence-electron chi connectivity index (χ2n) is 4.96. The van der Waals surface area contributed by atoms with Crippen LogP contribution in [0.5, 0.6) is 0 Å². The standard InChI is InChI=1S/C12H22N2O2.ClH/c1-9-4-2-6-14(10(9)8-13)12(15)11-5-3-7-16-11;/h9-11H,2-8,13H2,1H3;1H/t9?,10?,11-;/m0./s1. The van der Waals surface area contributed by atoms with Gasteiger partial charge in [-0.25, -0.2) is 0 Å². The molecule has 2 fully saturated rings. The van der Waals surface area contributed by atoms with Gasteiger partial charge in [0.25, 0.3) is 5.91 Å². The van der Waals surface area contributed by atoms with Crippen LogP contribution in [0.25, 0.3) is 0 Å². The second-order valence-corrected chi connectivity index (χ2v) is 4.96. The van der Waals surface area contributed by atoms with Gasteiger partial charge in [0.1, 0.15) is 6.10 Å². The first-order chi connectivity index (χ1) is 7.74. The minimum Gasteiger partial charge on any atom is -0.368 e. The van der Waals surface area contributed by atoms with E-state index in [9.17, 15) is 4.79 Å². The third kappa shape index (κ3) is 3.12. The third-order valence-electron chi connectivity index (χ3n) is 3.85. The first-order valence-corrected chi connectivity index (χ1v) is 6.36. The number of nitrogens with two attached hydrogens (primary N) is 1. The number of carbonyl (C=O) groups excluding carboxylic acids is 1. The van der Waals surface area contributed by atoms with E-state index in [1.165, 1.54) is 6.42 Å². The summed E-state index contributed by atoms with van der Waals surface area (Å²) in [5, 5.41) is 0. The summed E-state index contributed by atoms with van der Waals surface area (Å²) in [6, 6.07) is 0.213. The molecule has 100 valence electrons. The van der Waals surface area contributed by atoms with Crippen molar-refractivity contribution in [2.75, 3.05) is 19.7 Å².